The number of nitrogens with zero attached hydrogens (tertiary/aromatic N) is 5. The van der Waals surface area contributed by atoms with Crippen LogP contribution in [0.5, 0.6) is 5.88 Å². The van der Waals surface area contributed by atoms with E-state index in [1.807, 2.05) is 39.2 Å². The van der Waals surface area contributed by atoms with Gasteiger partial charge in [-0.1, -0.05) is 0 Å². The van der Waals surface area contributed by atoms with Crippen LogP contribution in [-0.4, -0.2) is 82.3 Å². The molecule has 7 heteroatoms. The normalized spacial score (nSPS) is 14.1. The lowest BCUT2D eigenvalue weighted by Crippen LogP contribution is -2.49. The van der Waals surface area contributed by atoms with E-state index in [-0.39, 0.29) is 6.03 Å². The molecule has 0 saturated carbocycles. The second-order valence-electron chi connectivity index (χ2n) is 5.78. The van der Waals surface area contributed by atoms with Gasteiger partial charge in [0.05, 0.1) is 12.8 Å². The van der Waals surface area contributed by atoms with E-state index in [9.17, 15) is 4.79 Å². The monoisotopic (exact) mass is 307 g/mol. The van der Waals surface area contributed by atoms with E-state index in [4.69, 9.17) is 4.74 Å². The fraction of sp³-hybridized carbons (Fsp3) is 0.600. The van der Waals surface area contributed by atoms with Crippen LogP contribution in [0.25, 0.3) is 0 Å². The SMILES string of the molecule is COc1ccc2c(n1)N(C)CCN2C(=O)N(C)CCN(C)C. The average Bonchev–Trinajstić information content (AvgIpc) is 2.52. The molecule has 2 heterocycles. The second-order valence-corrected chi connectivity index (χ2v) is 5.78. The van der Waals surface area contributed by atoms with E-state index in [1.54, 1.807) is 23.0 Å². The Hall–Kier alpha value is -2.02. The van der Waals surface area contributed by atoms with Crippen LogP contribution >= 0.6 is 0 Å². The molecule has 0 atom stereocenters. The van der Waals surface area contributed by atoms with Gasteiger partial charge in [0.1, 0.15) is 0 Å². The Morgan fingerprint density at radius 2 is 2.00 bits per heavy atom. The summed E-state index contributed by atoms with van der Waals surface area (Å²) in [6, 6.07) is 3.69. The molecule has 1 aliphatic rings. The van der Waals surface area contributed by atoms with Crippen molar-refractivity contribution in [1.29, 1.82) is 0 Å². The van der Waals surface area contributed by atoms with Crippen LogP contribution in [0.15, 0.2) is 12.1 Å². The summed E-state index contributed by atoms with van der Waals surface area (Å²) in [5, 5.41) is 0. The Bertz CT molecular complexity index is 535. The smallest absolute Gasteiger partial charge is 0.324 e. The van der Waals surface area contributed by atoms with Gasteiger partial charge in [-0.3, -0.25) is 4.90 Å². The number of hydrogen-bond donors (Lipinski definition) is 0. The number of carbonyl (C=O) groups is 1. The third kappa shape index (κ3) is 3.41. The molecular formula is C15H25N5O2. The Morgan fingerprint density at radius 1 is 1.27 bits per heavy atom. The number of rotatable bonds is 4. The summed E-state index contributed by atoms with van der Waals surface area (Å²) in [6.07, 6.45) is 0. The van der Waals surface area contributed by atoms with Gasteiger partial charge in [-0.15, -0.1) is 0 Å². The number of likely N-dealkylation sites (N-methyl/N-ethyl adjacent to an activating group) is 3. The van der Waals surface area contributed by atoms with Crippen LogP contribution in [0.1, 0.15) is 0 Å². The van der Waals surface area contributed by atoms with Gasteiger partial charge in [-0.2, -0.15) is 4.98 Å². The first kappa shape index (κ1) is 16.4. The lowest BCUT2D eigenvalue weighted by molar-refractivity contribution is 0.210. The van der Waals surface area contributed by atoms with Crippen LogP contribution in [0.4, 0.5) is 16.3 Å². The van der Waals surface area contributed by atoms with Gasteiger partial charge in [-0.05, 0) is 20.2 Å². The molecule has 0 bridgehead atoms. The van der Waals surface area contributed by atoms with Crippen molar-refractivity contribution in [3.8, 4) is 5.88 Å². The number of ether oxygens (including phenoxy) is 1. The molecule has 2 amide bonds. The highest BCUT2D eigenvalue weighted by Gasteiger charge is 2.28. The number of fused-ring (bicyclic) bond motifs is 1. The van der Waals surface area contributed by atoms with Crippen LogP contribution < -0.4 is 14.5 Å². The first-order chi connectivity index (χ1) is 10.4. The van der Waals surface area contributed by atoms with E-state index in [2.05, 4.69) is 9.88 Å². The molecule has 0 aromatic carbocycles. The van der Waals surface area contributed by atoms with Gasteiger partial charge in [0, 0.05) is 46.3 Å². The number of methoxy groups -OCH3 is 1. The van der Waals surface area contributed by atoms with Crippen LogP contribution in [0, 0.1) is 0 Å². The summed E-state index contributed by atoms with van der Waals surface area (Å²) in [4.78, 5) is 24.8. The molecule has 22 heavy (non-hydrogen) atoms. The van der Waals surface area contributed by atoms with Crippen molar-refractivity contribution in [2.24, 2.45) is 0 Å². The van der Waals surface area contributed by atoms with Gasteiger partial charge in [0.2, 0.25) is 5.88 Å². The molecule has 0 N–H and O–H groups in total. The summed E-state index contributed by atoms with van der Waals surface area (Å²) in [5.74, 6) is 1.33. The number of aromatic nitrogens is 1. The summed E-state index contributed by atoms with van der Waals surface area (Å²) < 4.78 is 5.18. The Kier molecular flexibility index (Phi) is 5.07. The topological polar surface area (TPSA) is 52.2 Å². The molecule has 0 unspecified atom stereocenters. The van der Waals surface area contributed by atoms with Gasteiger partial charge < -0.3 is 19.4 Å². The largest absolute Gasteiger partial charge is 0.481 e. The molecule has 0 saturated heterocycles. The second kappa shape index (κ2) is 6.83. The third-order valence-electron chi connectivity index (χ3n) is 3.79. The molecule has 7 nitrogen and oxygen atoms in total. The fourth-order valence-corrected chi connectivity index (χ4v) is 2.36. The number of hydrogen-bond acceptors (Lipinski definition) is 5. The minimum absolute atomic E-state index is 0.00293. The van der Waals surface area contributed by atoms with Crippen molar-refractivity contribution in [1.82, 2.24) is 14.8 Å². The van der Waals surface area contributed by atoms with E-state index in [1.165, 1.54) is 0 Å². The van der Waals surface area contributed by atoms with Crippen molar-refractivity contribution < 1.29 is 9.53 Å². The molecule has 1 aromatic rings. The van der Waals surface area contributed by atoms with E-state index in [0.717, 1.165) is 24.6 Å². The average molecular weight is 307 g/mol. The first-order valence-corrected chi connectivity index (χ1v) is 7.37. The summed E-state index contributed by atoms with van der Waals surface area (Å²) in [5.41, 5.74) is 0.830. The predicted octanol–water partition coefficient (Wildman–Crippen LogP) is 0.960. The van der Waals surface area contributed by atoms with Crippen molar-refractivity contribution >= 4 is 17.5 Å². The number of amides is 2. The first-order valence-electron chi connectivity index (χ1n) is 7.37. The Morgan fingerprint density at radius 3 is 2.64 bits per heavy atom. The minimum Gasteiger partial charge on any atom is -0.481 e. The molecule has 1 aromatic heterocycles. The standard InChI is InChI=1S/C15H25N5O2/c1-17(2)8-9-19(4)15(21)20-11-10-18(3)14-12(20)6-7-13(16-14)22-5/h6-7H,8-11H2,1-5H3. The van der Waals surface area contributed by atoms with Crippen molar-refractivity contribution in [2.45, 2.75) is 0 Å². The number of carbonyl (C=O) groups excluding carboxylic acids is 1. The molecule has 122 valence electrons. The molecule has 0 aliphatic carbocycles. The van der Waals surface area contributed by atoms with E-state index >= 15 is 0 Å². The summed E-state index contributed by atoms with van der Waals surface area (Å²) >= 11 is 0. The van der Waals surface area contributed by atoms with Gasteiger partial charge in [0.15, 0.2) is 5.82 Å². The maximum absolute atomic E-state index is 12.7. The fourth-order valence-electron chi connectivity index (χ4n) is 2.36. The zero-order valence-corrected chi connectivity index (χ0v) is 14.0. The quantitative estimate of drug-likeness (QED) is 0.829. The predicted molar refractivity (Wildman–Crippen MR) is 88.0 cm³/mol. The van der Waals surface area contributed by atoms with Crippen molar-refractivity contribution in [2.75, 3.05) is 71.3 Å². The molecule has 0 radical (unpaired) electrons. The Labute approximate surface area is 132 Å². The van der Waals surface area contributed by atoms with Gasteiger partial charge in [-0.25, -0.2) is 4.79 Å². The number of urea groups is 1. The third-order valence-corrected chi connectivity index (χ3v) is 3.79. The molecule has 0 spiro atoms. The molecule has 0 fully saturated rings. The zero-order valence-electron chi connectivity index (χ0n) is 14.0. The van der Waals surface area contributed by atoms with Crippen molar-refractivity contribution in [3.05, 3.63) is 12.1 Å². The lowest BCUT2D eigenvalue weighted by atomic mass is 10.2. The highest BCUT2D eigenvalue weighted by molar-refractivity contribution is 5.96. The molecular weight excluding hydrogens is 282 g/mol. The minimum atomic E-state index is 0.00293. The van der Waals surface area contributed by atoms with Gasteiger partial charge >= 0.3 is 6.03 Å². The molecule has 1 aliphatic heterocycles. The van der Waals surface area contributed by atoms with Crippen LogP contribution in [0.2, 0.25) is 0 Å². The number of anilines is 2. The van der Waals surface area contributed by atoms with Gasteiger partial charge in [0.25, 0.3) is 0 Å². The Balaban J connectivity index is 2.20. The van der Waals surface area contributed by atoms with Crippen LogP contribution in [-0.2, 0) is 0 Å². The summed E-state index contributed by atoms with van der Waals surface area (Å²) in [6.45, 7) is 2.93. The summed E-state index contributed by atoms with van der Waals surface area (Å²) in [7, 11) is 9.40. The maximum atomic E-state index is 12.7. The van der Waals surface area contributed by atoms with Crippen LogP contribution in [0.3, 0.4) is 0 Å². The highest BCUT2D eigenvalue weighted by atomic mass is 16.5. The maximum Gasteiger partial charge on any atom is 0.324 e. The van der Waals surface area contributed by atoms with E-state index < -0.39 is 0 Å². The number of pyridine rings is 1. The zero-order chi connectivity index (χ0) is 16.3. The van der Waals surface area contributed by atoms with E-state index in [0.29, 0.717) is 19.0 Å². The van der Waals surface area contributed by atoms with Crippen molar-refractivity contribution in [3.63, 3.8) is 0 Å². The molecule has 2 rings (SSSR count). The lowest BCUT2D eigenvalue weighted by Gasteiger charge is -2.36. The highest BCUT2D eigenvalue weighted by Crippen LogP contribution is 2.32.